The Morgan fingerprint density at radius 1 is 1.08 bits per heavy atom. The van der Waals surface area contributed by atoms with Crippen LogP contribution in [0.25, 0.3) is 0 Å². The van der Waals surface area contributed by atoms with E-state index in [1.165, 1.54) is 39.0 Å². The highest BCUT2D eigenvalue weighted by Crippen LogP contribution is 2.65. The number of Topliss-reactive ketones (excluding diaryl/α,β-unsaturated/α-hetero) is 1. The van der Waals surface area contributed by atoms with Crippen LogP contribution in [0.15, 0.2) is 0 Å². The number of esters is 1. The summed E-state index contributed by atoms with van der Waals surface area (Å²) in [7, 11) is 0. The fourth-order valence-corrected chi connectivity index (χ4v) is 7.34. The van der Waals surface area contributed by atoms with Gasteiger partial charge < -0.3 is 4.74 Å². The zero-order chi connectivity index (χ0) is 17.1. The third-order valence-corrected chi connectivity index (χ3v) is 8.52. The molecule has 134 valence electrons. The SMILES string of the molecule is CC(=O)O[C@@H]1CC[C@@]2(C)[C@H](C1)C(=O)C[C@H]1[C@H]2CC[C@]2(C)CCC[C@@H]12. The lowest BCUT2D eigenvalue weighted by molar-refractivity contribution is -0.167. The third kappa shape index (κ3) is 2.37. The van der Waals surface area contributed by atoms with E-state index in [0.29, 0.717) is 23.0 Å². The standard InChI is InChI=1S/C21H32O3/c1-13(22)24-14-6-10-21(3)17-7-9-20(2)8-4-5-16(20)15(17)12-19(23)18(21)11-14/h14-18H,4-12H2,1-3H3/t14-,15-,16+,17-,18-,20+,21-/m1/s1. The van der Waals surface area contributed by atoms with E-state index in [2.05, 4.69) is 13.8 Å². The molecule has 24 heavy (non-hydrogen) atoms. The van der Waals surface area contributed by atoms with Gasteiger partial charge in [0.1, 0.15) is 11.9 Å². The highest BCUT2D eigenvalue weighted by Gasteiger charge is 2.60. The van der Waals surface area contributed by atoms with Crippen LogP contribution in [0.1, 0.15) is 78.6 Å². The summed E-state index contributed by atoms with van der Waals surface area (Å²) in [5, 5.41) is 0. The average molecular weight is 332 g/mol. The maximum Gasteiger partial charge on any atom is 0.302 e. The third-order valence-electron chi connectivity index (χ3n) is 8.52. The summed E-state index contributed by atoms with van der Waals surface area (Å²) in [5.41, 5.74) is 0.639. The summed E-state index contributed by atoms with van der Waals surface area (Å²) in [6, 6.07) is 0. The van der Waals surface area contributed by atoms with Gasteiger partial charge in [0.25, 0.3) is 0 Å². The van der Waals surface area contributed by atoms with Gasteiger partial charge >= 0.3 is 5.97 Å². The van der Waals surface area contributed by atoms with Crippen molar-refractivity contribution in [3.05, 3.63) is 0 Å². The second-order valence-corrected chi connectivity index (χ2v) is 9.70. The number of ketones is 1. The summed E-state index contributed by atoms with van der Waals surface area (Å²) in [6.45, 7) is 6.35. The zero-order valence-electron chi connectivity index (χ0n) is 15.5. The van der Waals surface area contributed by atoms with Crippen molar-refractivity contribution in [2.24, 2.45) is 34.5 Å². The number of rotatable bonds is 1. The lowest BCUT2D eigenvalue weighted by Crippen LogP contribution is -2.56. The van der Waals surface area contributed by atoms with Crippen molar-refractivity contribution in [2.45, 2.75) is 84.7 Å². The number of fused-ring (bicyclic) bond motifs is 5. The van der Waals surface area contributed by atoms with Crippen LogP contribution in [0, 0.1) is 34.5 Å². The summed E-state index contributed by atoms with van der Waals surface area (Å²) in [5.74, 6) is 2.46. The zero-order valence-corrected chi connectivity index (χ0v) is 15.5. The molecule has 0 N–H and O–H groups in total. The van der Waals surface area contributed by atoms with Gasteiger partial charge in [-0.1, -0.05) is 20.3 Å². The average Bonchev–Trinajstić information content (AvgIpc) is 2.90. The van der Waals surface area contributed by atoms with Crippen LogP contribution in [0.2, 0.25) is 0 Å². The van der Waals surface area contributed by atoms with E-state index in [-0.39, 0.29) is 23.4 Å². The van der Waals surface area contributed by atoms with Crippen LogP contribution >= 0.6 is 0 Å². The first-order chi connectivity index (χ1) is 11.3. The lowest BCUT2D eigenvalue weighted by atomic mass is 9.45. The number of carbonyl (C=O) groups excluding carboxylic acids is 2. The monoisotopic (exact) mass is 332 g/mol. The van der Waals surface area contributed by atoms with Gasteiger partial charge in [-0.2, -0.15) is 0 Å². The Kier molecular flexibility index (Phi) is 3.85. The van der Waals surface area contributed by atoms with Crippen molar-refractivity contribution in [2.75, 3.05) is 0 Å². The van der Waals surface area contributed by atoms with Gasteiger partial charge in [-0.15, -0.1) is 0 Å². The van der Waals surface area contributed by atoms with Crippen molar-refractivity contribution in [3.63, 3.8) is 0 Å². The van der Waals surface area contributed by atoms with Crippen LogP contribution < -0.4 is 0 Å². The van der Waals surface area contributed by atoms with Gasteiger partial charge in [0.05, 0.1) is 0 Å². The Balaban J connectivity index is 1.59. The lowest BCUT2D eigenvalue weighted by Gasteiger charge is -2.59. The van der Waals surface area contributed by atoms with Crippen LogP contribution in [-0.2, 0) is 14.3 Å². The Morgan fingerprint density at radius 2 is 1.88 bits per heavy atom. The minimum Gasteiger partial charge on any atom is -0.463 e. The summed E-state index contributed by atoms with van der Waals surface area (Å²) >= 11 is 0. The highest BCUT2D eigenvalue weighted by molar-refractivity contribution is 5.83. The van der Waals surface area contributed by atoms with E-state index in [9.17, 15) is 9.59 Å². The molecular weight excluding hydrogens is 300 g/mol. The predicted octanol–water partition coefficient (Wildman–Crippen LogP) is 4.53. The number of carbonyl (C=O) groups is 2. The summed E-state index contributed by atoms with van der Waals surface area (Å²) in [6.07, 6.45) is 10.2. The van der Waals surface area contributed by atoms with Crippen LogP contribution in [0.3, 0.4) is 0 Å². The fraction of sp³-hybridized carbons (Fsp3) is 0.905. The van der Waals surface area contributed by atoms with Crippen LogP contribution in [0.5, 0.6) is 0 Å². The molecule has 0 aromatic heterocycles. The molecule has 0 spiro atoms. The molecular formula is C21H32O3. The van der Waals surface area contributed by atoms with E-state index in [0.717, 1.165) is 31.6 Å². The van der Waals surface area contributed by atoms with Crippen molar-refractivity contribution in [1.29, 1.82) is 0 Å². The first kappa shape index (κ1) is 16.6. The van der Waals surface area contributed by atoms with Crippen LogP contribution in [-0.4, -0.2) is 17.9 Å². The second kappa shape index (κ2) is 5.57. The molecule has 3 nitrogen and oxygen atoms in total. The van der Waals surface area contributed by atoms with Crippen LogP contribution in [0.4, 0.5) is 0 Å². The van der Waals surface area contributed by atoms with Crippen molar-refractivity contribution in [1.82, 2.24) is 0 Å². The molecule has 4 aliphatic carbocycles. The Morgan fingerprint density at radius 3 is 2.62 bits per heavy atom. The number of hydrogen-bond donors (Lipinski definition) is 0. The maximum absolute atomic E-state index is 13.1. The molecule has 0 heterocycles. The molecule has 0 bridgehead atoms. The van der Waals surface area contributed by atoms with Gasteiger partial charge in [-0.25, -0.2) is 0 Å². The second-order valence-electron chi connectivity index (χ2n) is 9.70. The number of ether oxygens (including phenoxy) is 1. The Bertz CT molecular complexity index is 555. The first-order valence-electron chi connectivity index (χ1n) is 10.0. The van der Waals surface area contributed by atoms with Crippen molar-refractivity contribution in [3.8, 4) is 0 Å². The van der Waals surface area contributed by atoms with Gasteiger partial charge in [-0.05, 0) is 73.5 Å². The predicted molar refractivity (Wildman–Crippen MR) is 92.3 cm³/mol. The van der Waals surface area contributed by atoms with Gasteiger partial charge in [0, 0.05) is 19.3 Å². The molecule has 4 fully saturated rings. The normalized spacial score (nSPS) is 50.6. The van der Waals surface area contributed by atoms with Crippen molar-refractivity contribution >= 4 is 11.8 Å². The molecule has 0 unspecified atom stereocenters. The molecule has 4 rings (SSSR count). The van der Waals surface area contributed by atoms with E-state index < -0.39 is 0 Å². The summed E-state index contributed by atoms with van der Waals surface area (Å²) in [4.78, 5) is 24.4. The molecule has 7 atom stereocenters. The first-order valence-corrected chi connectivity index (χ1v) is 10.0. The highest BCUT2D eigenvalue weighted by atomic mass is 16.5. The fourth-order valence-electron chi connectivity index (χ4n) is 7.34. The molecule has 0 amide bonds. The van der Waals surface area contributed by atoms with Gasteiger partial charge in [0.15, 0.2) is 0 Å². The Labute approximate surface area is 145 Å². The largest absolute Gasteiger partial charge is 0.463 e. The van der Waals surface area contributed by atoms with E-state index >= 15 is 0 Å². The van der Waals surface area contributed by atoms with Gasteiger partial charge in [-0.3, -0.25) is 9.59 Å². The molecule has 3 heteroatoms. The molecule has 0 radical (unpaired) electrons. The summed E-state index contributed by atoms with van der Waals surface area (Å²) < 4.78 is 5.46. The topological polar surface area (TPSA) is 43.4 Å². The number of hydrogen-bond acceptors (Lipinski definition) is 3. The van der Waals surface area contributed by atoms with E-state index in [1.54, 1.807) is 0 Å². The minimum atomic E-state index is -0.205. The van der Waals surface area contributed by atoms with Gasteiger partial charge in [0.2, 0.25) is 0 Å². The Hall–Kier alpha value is -0.860. The van der Waals surface area contributed by atoms with E-state index in [1.807, 2.05) is 0 Å². The molecule has 4 aliphatic rings. The quantitative estimate of drug-likeness (QED) is 0.663. The van der Waals surface area contributed by atoms with E-state index in [4.69, 9.17) is 4.74 Å². The molecule has 4 saturated carbocycles. The maximum atomic E-state index is 13.1. The molecule has 0 aromatic carbocycles. The van der Waals surface area contributed by atoms with Crippen molar-refractivity contribution < 1.29 is 14.3 Å². The minimum absolute atomic E-state index is 0.0404. The molecule has 0 saturated heterocycles. The molecule has 0 aromatic rings. The molecule has 0 aliphatic heterocycles. The smallest absolute Gasteiger partial charge is 0.302 e.